The van der Waals surface area contributed by atoms with Crippen molar-refractivity contribution in [1.82, 2.24) is 0 Å². The maximum atomic E-state index is 12.6. The largest absolute Gasteiger partial charge is 1.00 e. The quantitative estimate of drug-likeness (QED) is 0.379. The van der Waals surface area contributed by atoms with Crippen LogP contribution in [0.5, 0.6) is 5.75 Å². The summed E-state index contributed by atoms with van der Waals surface area (Å²) >= 11 is 0. The second kappa shape index (κ2) is 9.58. The van der Waals surface area contributed by atoms with Crippen molar-refractivity contribution in [2.75, 3.05) is 0 Å². The smallest absolute Gasteiger partial charge is 0.872 e. The Morgan fingerprint density at radius 2 is 1.30 bits per heavy atom. The predicted octanol–water partition coefficient (Wildman–Crippen LogP) is 2.83. The molecule has 0 aliphatic rings. The van der Waals surface area contributed by atoms with Crippen molar-refractivity contribution in [3.63, 3.8) is 0 Å². The van der Waals surface area contributed by atoms with Crippen LogP contribution in [-0.4, -0.2) is 13.0 Å². The molecule has 1 N–H and O–H groups in total. The van der Waals surface area contributed by atoms with Gasteiger partial charge in [0.25, 0.3) is 10.1 Å². The summed E-state index contributed by atoms with van der Waals surface area (Å²) in [6.45, 7) is 7.91. The Morgan fingerprint density at radius 3 is 1.83 bits per heavy atom. The second-order valence-electron chi connectivity index (χ2n) is 7.63. The Morgan fingerprint density at radius 1 is 0.800 bits per heavy atom. The van der Waals surface area contributed by atoms with E-state index in [1.165, 1.54) is 12.1 Å². The summed E-state index contributed by atoms with van der Waals surface area (Å²) in [5.74, 6) is 0.245. The molecule has 0 amide bonds. The Kier molecular flexibility index (Phi) is 7.82. The van der Waals surface area contributed by atoms with Gasteiger partial charge >= 0.3 is 29.6 Å². The molecule has 0 saturated carbocycles. The first-order valence-corrected chi connectivity index (χ1v) is 10.8. The zero-order chi connectivity index (χ0) is 21.3. The van der Waals surface area contributed by atoms with Gasteiger partial charge < -0.3 is 5.11 Å². The first-order valence-electron chi connectivity index (χ1n) is 9.34. The summed E-state index contributed by atoms with van der Waals surface area (Å²) in [5, 5.41) is 22.6. The molecule has 3 aromatic carbocycles. The molecule has 0 aliphatic heterocycles. The van der Waals surface area contributed by atoms with Gasteiger partial charge in [-0.25, -0.2) is 0 Å². The number of hydrogen-bond donors (Lipinski definition) is 1. The molecule has 3 aromatic rings. The van der Waals surface area contributed by atoms with E-state index in [2.05, 4.69) is 10.2 Å². The van der Waals surface area contributed by atoms with Crippen LogP contribution < -0.4 is 34.7 Å². The maximum absolute atomic E-state index is 12.6. The first kappa shape index (κ1) is 24.5. The van der Waals surface area contributed by atoms with Crippen molar-refractivity contribution >= 4 is 32.3 Å². The zero-order valence-electron chi connectivity index (χ0n) is 17.7. The molecule has 0 fully saturated rings. The average Bonchev–Trinajstić information content (AvgIpc) is 2.65. The molecule has 0 aromatic heterocycles. The Hall–Kier alpha value is -1.77. The molecule has 0 radical (unpaired) electrons. The Balaban J connectivity index is 0.00000320. The van der Waals surface area contributed by atoms with Crippen molar-refractivity contribution in [2.24, 2.45) is 10.2 Å². The summed E-state index contributed by atoms with van der Waals surface area (Å²) in [5.41, 5.74) is 2.67. The van der Waals surface area contributed by atoms with Crippen molar-refractivity contribution in [3.05, 3.63) is 59.7 Å². The van der Waals surface area contributed by atoms with Crippen molar-refractivity contribution in [1.29, 1.82) is 0 Å². The molecule has 0 bridgehead atoms. The predicted molar refractivity (Wildman–Crippen MR) is 112 cm³/mol. The molecule has 0 spiro atoms. The molecule has 6 nitrogen and oxygen atoms in total. The fourth-order valence-electron chi connectivity index (χ4n) is 3.12. The topological polar surface area (TPSA) is 102 Å². The van der Waals surface area contributed by atoms with E-state index >= 15 is 0 Å². The van der Waals surface area contributed by atoms with E-state index in [9.17, 15) is 18.1 Å². The van der Waals surface area contributed by atoms with Gasteiger partial charge in [0.05, 0.1) is 16.3 Å². The van der Waals surface area contributed by atoms with E-state index in [1.54, 1.807) is 36.4 Å². The van der Waals surface area contributed by atoms with Crippen LogP contribution in [0.25, 0.3) is 10.8 Å². The summed E-state index contributed by atoms with van der Waals surface area (Å²) < 4.78 is 31.7. The van der Waals surface area contributed by atoms with E-state index in [1.807, 2.05) is 27.7 Å². The fraction of sp³-hybridized carbons (Fsp3) is 0.273. The van der Waals surface area contributed by atoms with E-state index < -0.39 is 10.1 Å². The number of nitrogens with zero attached hydrogens (tertiary/aromatic N) is 2. The molecule has 0 saturated heterocycles. The summed E-state index contributed by atoms with van der Waals surface area (Å²) in [4.78, 5) is -0.153. The number of benzene rings is 3. The van der Waals surface area contributed by atoms with Crippen LogP contribution in [0.4, 0.5) is 11.4 Å². The molecule has 0 unspecified atom stereocenters. The van der Waals surface area contributed by atoms with Gasteiger partial charge in [0, 0.05) is 0 Å². The van der Waals surface area contributed by atoms with Gasteiger partial charge in [0.2, 0.25) is 0 Å². The Labute approximate surface area is 199 Å². The third kappa shape index (κ3) is 5.47. The van der Waals surface area contributed by atoms with Gasteiger partial charge in [-0.05, 0) is 59.0 Å². The monoisotopic (exact) mass is 434 g/mol. The minimum absolute atomic E-state index is 0. The maximum Gasteiger partial charge on any atom is 1.00 e. The molecule has 0 heterocycles. The van der Waals surface area contributed by atoms with Crippen molar-refractivity contribution in [3.8, 4) is 5.75 Å². The van der Waals surface area contributed by atoms with Crippen LogP contribution in [-0.2, 0) is 10.1 Å². The molecule has 3 rings (SSSR count). The van der Waals surface area contributed by atoms with E-state index in [0.717, 1.165) is 16.5 Å². The van der Waals surface area contributed by atoms with Crippen LogP contribution in [0.1, 0.15) is 50.7 Å². The molecule has 152 valence electrons. The van der Waals surface area contributed by atoms with E-state index in [4.69, 9.17) is 0 Å². The molecular weight excluding hydrogens is 411 g/mol. The Bertz CT molecular complexity index is 1180. The number of fused-ring (bicyclic) bond motifs is 1. The zero-order valence-corrected chi connectivity index (χ0v) is 20.6. The third-order valence-corrected chi connectivity index (χ3v) is 5.60. The van der Waals surface area contributed by atoms with Crippen LogP contribution in [0.3, 0.4) is 0 Å². The molecule has 30 heavy (non-hydrogen) atoms. The van der Waals surface area contributed by atoms with E-state index in [0.29, 0.717) is 16.8 Å². The minimum Gasteiger partial charge on any atom is -0.872 e. The molecule has 8 heteroatoms. The van der Waals surface area contributed by atoms with E-state index in [-0.39, 0.29) is 52.0 Å². The third-order valence-electron chi connectivity index (χ3n) is 4.75. The normalized spacial score (nSPS) is 12.1. The van der Waals surface area contributed by atoms with Gasteiger partial charge in [-0.2, -0.15) is 18.6 Å². The van der Waals surface area contributed by atoms with Gasteiger partial charge in [0.1, 0.15) is 0 Å². The van der Waals surface area contributed by atoms with Gasteiger partial charge in [-0.15, -0.1) is 5.75 Å². The summed E-state index contributed by atoms with van der Waals surface area (Å²) in [6.07, 6.45) is 0. The van der Waals surface area contributed by atoms with Crippen LogP contribution >= 0.6 is 0 Å². The first-order chi connectivity index (χ1) is 13.6. The standard InChI is InChI=1S/C22H24N2O4S.Na/c1-13(2)20-11-18(12-21(14(3)4)22(20)25)24-23-17-7-5-16-10-19(29(26,27)28)8-6-15(16)9-17;/h5-14,25H,1-4H3,(H,26,27,28);/q;+1/p-1. The summed E-state index contributed by atoms with van der Waals surface area (Å²) in [7, 11) is -4.24. The molecular formula is C22H23N2NaO4S. The SMILES string of the molecule is CC(C)c1cc(N=Nc2ccc3cc(S(=O)(=O)O)ccc3c2)cc(C(C)C)c1[O-].[Na+]. The van der Waals surface area contributed by atoms with Gasteiger partial charge in [-0.1, -0.05) is 51.0 Å². The average molecular weight is 434 g/mol. The number of azo groups is 1. The molecule has 0 atom stereocenters. The van der Waals surface area contributed by atoms with Crippen LogP contribution in [0.2, 0.25) is 0 Å². The van der Waals surface area contributed by atoms with Gasteiger partial charge in [-0.3, -0.25) is 4.55 Å². The van der Waals surface area contributed by atoms with Crippen molar-refractivity contribution < 1.29 is 47.6 Å². The number of hydrogen-bond acceptors (Lipinski definition) is 5. The van der Waals surface area contributed by atoms with Crippen LogP contribution in [0, 0.1) is 0 Å². The van der Waals surface area contributed by atoms with Crippen molar-refractivity contribution in [2.45, 2.75) is 44.4 Å². The summed E-state index contributed by atoms with van der Waals surface area (Å²) in [6, 6.07) is 13.1. The molecule has 0 aliphatic carbocycles. The minimum atomic E-state index is -4.24. The second-order valence-corrected chi connectivity index (χ2v) is 9.05. The number of rotatable bonds is 5. The van der Waals surface area contributed by atoms with Crippen LogP contribution in [0.15, 0.2) is 63.7 Å². The fourth-order valence-corrected chi connectivity index (χ4v) is 3.64. The van der Waals surface area contributed by atoms with Gasteiger partial charge in [0.15, 0.2) is 0 Å².